The van der Waals surface area contributed by atoms with Crippen LogP contribution in [0, 0.1) is 0 Å². The lowest BCUT2D eigenvalue weighted by molar-refractivity contribution is -0.116. The fraction of sp³-hybridized carbons (Fsp3) is 0.500. The van der Waals surface area contributed by atoms with E-state index in [-0.39, 0.29) is 35.0 Å². The van der Waals surface area contributed by atoms with Crippen molar-refractivity contribution in [2.75, 3.05) is 84.1 Å². The average molecular weight is 1000 g/mol. The van der Waals surface area contributed by atoms with Crippen LogP contribution in [0.2, 0.25) is 0 Å². The summed E-state index contributed by atoms with van der Waals surface area (Å²) in [7, 11) is 6.26. The van der Waals surface area contributed by atoms with Gasteiger partial charge in [0.15, 0.2) is 23.0 Å². The summed E-state index contributed by atoms with van der Waals surface area (Å²) in [5, 5.41) is 12.3. The quantitative estimate of drug-likeness (QED) is 0.0826. The number of anilines is 2. The molecule has 2 aromatic rings. The van der Waals surface area contributed by atoms with Crippen LogP contribution in [0.5, 0.6) is 23.0 Å². The van der Waals surface area contributed by atoms with E-state index in [1.807, 2.05) is 45.0 Å². The molecule has 21 nitrogen and oxygen atoms in total. The Morgan fingerprint density at radius 2 is 1.12 bits per heavy atom. The molecule has 23 heteroatoms. The van der Waals surface area contributed by atoms with Gasteiger partial charge < -0.3 is 64.7 Å². The number of carbonyl (C=O) groups is 7. The van der Waals surface area contributed by atoms with E-state index in [1.54, 1.807) is 61.4 Å². The zero-order valence-electron chi connectivity index (χ0n) is 40.7. The second-order valence-corrected chi connectivity index (χ2v) is 19.6. The Kier molecular flexibility index (Phi) is 20.4. The SMILES string of the molecule is CC(C)(C)OC(=O)NCC=O.COc1cc(/C=C2\SC(=O)NC2=O)c(N2CCC(N)C2)cc1OC.COc1cc(/C=C2\SC(=O)NC2=O)c(N2CCC(NCCNC(=O)OC(C)(C)C)C2)cc1OC. The van der Waals surface area contributed by atoms with Crippen LogP contribution in [0.15, 0.2) is 34.1 Å². The fourth-order valence-electron chi connectivity index (χ4n) is 7.02. The van der Waals surface area contributed by atoms with Gasteiger partial charge in [-0.1, -0.05) is 0 Å². The van der Waals surface area contributed by atoms with Gasteiger partial charge in [-0.15, -0.1) is 0 Å². The van der Waals surface area contributed by atoms with E-state index in [0.29, 0.717) is 52.2 Å². The second-order valence-electron chi connectivity index (χ2n) is 17.6. The predicted molar refractivity (Wildman–Crippen MR) is 265 cm³/mol. The molecule has 4 aliphatic rings. The highest BCUT2D eigenvalue weighted by Gasteiger charge is 2.30. The number of nitrogens with one attached hydrogen (secondary N) is 5. The van der Waals surface area contributed by atoms with Crippen molar-refractivity contribution in [1.82, 2.24) is 26.6 Å². The summed E-state index contributed by atoms with van der Waals surface area (Å²) in [6.45, 7) is 14.9. The van der Waals surface area contributed by atoms with Crippen LogP contribution in [0.25, 0.3) is 12.2 Å². The minimum Gasteiger partial charge on any atom is -0.493 e. The molecule has 2 atom stereocenters. The first kappa shape index (κ1) is 55.4. The molecule has 69 heavy (non-hydrogen) atoms. The number of imide groups is 2. The summed E-state index contributed by atoms with van der Waals surface area (Å²) >= 11 is 1.77. The molecule has 0 aliphatic carbocycles. The lowest BCUT2D eigenvalue weighted by Crippen LogP contribution is -2.40. The van der Waals surface area contributed by atoms with Gasteiger partial charge in [0.25, 0.3) is 22.3 Å². The van der Waals surface area contributed by atoms with E-state index in [4.69, 9.17) is 34.2 Å². The Balaban J connectivity index is 0.000000256. The summed E-state index contributed by atoms with van der Waals surface area (Å²) in [4.78, 5) is 84.2. The first-order valence-electron chi connectivity index (χ1n) is 21.9. The lowest BCUT2D eigenvalue weighted by atomic mass is 10.1. The smallest absolute Gasteiger partial charge is 0.408 e. The first-order chi connectivity index (χ1) is 32.6. The average Bonchev–Trinajstić information content (AvgIpc) is 4.07. The molecule has 6 rings (SSSR count). The van der Waals surface area contributed by atoms with Crippen molar-refractivity contribution in [3.63, 3.8) is 0 Å². The Morgan fingerprint density at radius 1 is 0.681 bits per heavy atom. The highest BCUT2D eigenvalue weighted by molar-refractivity contribution is 8.18. The number of ether oxygens (including phenoxy) is 6. The molecular formula is C46H64N8O13S2. The number of carbonyl (C=O) groups excluding carboxylic acids is 7. The lowest BCUT2D eigenvalue weighted by Gasteiger charge is -2.23. The van der Waals surface area contributed by atoms with Gasteiger partial charge in [0, 0.05) is 86.0 Å². The van der Waals surface area contributed by atoms with Crippen molar-refractivity contribution in [2.45, 2.75) is 77.7 Å². The van der Waals surface area contributed by atoms with Gasteiger partial charge in [0.1, 0.15) is 17.5 Å². The summed E-state index contributed by atoms with van der Waals surface area (Å²) < 4.78 is 31.7. The van der Waals surface area contributed by atoms with Gasteiger partial charge in [0.2, 0.25) is 0 Å². The number of aldehydes is 1. The van der Waals surface area contributed by atoms with Gasteiger partial charge >= 0.3 is 12.2 Å². The van der Waals surface area contributed by atoms with Crippen molar-refractivity contribution >= 4 is 87.8 Å². The van der Waals surface area contributed by atoms with E-state index < -0.39 is 29.3 Å². The number of rotatable bonds is 14. The van der Waals surface area contributed by atoms with E-state index in [2.05, 4.69) is 36.4 Å². The Hall–Kier alpha value is -6.17. The largest absolute Gasteiger partial charge is 0.493 e. The minimum absolute atomic E-state index is 0.00505. The number of amides is 6. The molecule has 4 heterocycles. The van der Waals surface area contributed by atoms with Crippen molar-refractivity contribution in [1.29, 1.82) is 0 Å². The van der Waals surface area contributed by atoms with Gasteiger partial charge in [-0.25, -0.2) is 9.59 Å². The molecule has 378 valence electrons. The van der Waals surface area contributed by atoms with Crippen LogP contribution in [-0.2, 0) is 23.9 Å². The molecule has 0 bridgehead atoms. The maximum Gasteiger partial charge on any atom is 0.408 e. The third-order valence-electron chi connectivity index (χ3n) is 9.97. The van der Waals surface area contributed by atoms with Gasteiger partial charge in [-0.3, -0.25) is 29.8 Å². The number of alkyl carbamates (subject to hydrolysis) is 2. The van der Waals surface area contributed by atoms with Crippen molar-refractivity contribution in [2.24, 2.45) is 5.73 Å². The number of methoxy groups -OCH3 is 4. The molecule has 4 aliphatic heterocycles. The number of hydrogen-bond donors (Lipinski definition) is 6. The summed E-state index contributed by atoms with van der Waals surface area (Å²) in [5.74, 6) is 1.49. The topological polar surface area (TPSA) is 268 Å². The molecule has 2 unspecified atom stereocenters. The molecule has 0 spiro atoms. The molecule has 6 amide bonds. The van der Waals surface area contributed by atoms with Crippen LogP contribution in [-0.4, -0.2) is 138 Å². The predicted octanol–water partition coefficient (Wildman–Crippen LogP) is 5.00. The number of nitrogens with zero attached hydrogens (tertiary/aromatic N) is 2. The van der Waals surface area contributed by atoms with Gasteiger partial charge in [-0.05, 0) is 102 Å². The zero-order valence-corrected chi connectivity index (χ0v) is 42.3. The summed E-state index contributed by atoms with van der Waals surface area (Å²) in [6.07, 6.45) is 4.81. The molecule has 0 radical (unpaired) electrons. The van der Waals surface area contributed by atoms with Crippen molar-refractivity contribution in [3.05, 3.63) is 45.2 Å². The third kappa shape index (κ3) is 17.4. The maximum atomic E-state index is 12.1. The van der Waals surface area contributed by atoms with E-state index >= 15 is 0 Å². The molecule has 4 saturated heterocycles. The van der Waals surface area contributed by atoms with Crippen LogP contribution >= 0.6 is 23.5 Å². The van der Waals surface area contributed by atoms with Crippen LogP contribution in [0.1, 0.15) is 65.5 Å². The van der Waals surface area contributed by atoms with Crippen LogP contribution < -0.4 is 61.1 Å². The highest BCUT2D eigenvalue weighted by atomic mass is 32.2. The molecule has 0 aromatic heterocycles. The Bertz CT molecular complexity index is 2280. The van der Waals surface area contributed by atoms with Gasteiger partial charge in [0.05, 0.1) is 44.8 Å². The van der Waals surface area contributed by atoms with Crippen molar-refractivity contribution < 1.29 is 62.0 Å². The molecular weight excluding hydrogens is 937 g/mol. The van der Waals surface area contributed by atoms with Crippen LogP contribution in [0.3, 0.4) is 0 Å². The number of thioether (sulfide) groups is 2. The van der Waals surface area contributed by atoms with E-state index in [0.717, 1.165) is 85.0 Å². The third-order valence-corrected chi connectivity index (χ3v) is 11.6. The number of benzene rings is 2. The van der Waals surface area contributed by atoms with E-state index in [9.17, 15) is 33.6 Å². The normalized spacial score (nSPS) is 18.9. The van der Waals surface area contributed by atoms with Gasteiger partial charge in [-0.2, -0.15) is 0 Å². The summed E-state index contributed by atoms with van der Waals surface area (Å²) in [6, 6.07) is 7.72. The number of nitrogens with two attached hydrogens (primary N) is 1. The Labute approximate surface area is 410 Å². The fourth-order valence-corrected chi connectivity index (χ4v) is 8.36. The standard InChI is InChI=1S/C23H32N4O6S.C16H19N3O4S.C7H13NO3/c1-23(2,3)33-21(29)25-8-7-24-15-6-9-27(13-15)16-12-18(32-5)17(31-4)10-14(16)11-19-20(28)26-22(30)34-19;1-22-12-5-9(6-14-15(20)18-16(21)24-14)11(7-13(12)23-2)19-4-3-10(17)8-19;1-7(2,3)11-6(10)8-4-5-9/h10-12,15,24H,6-9,13H2,1-5H3,(H,25,29)(H,26,28,30);5-7,10H,3-4,8,17H2,1-2H3,(H,18,20,21);5H,4H2,1-3H3,(H,8,10)/b19-11-;14-6-;. The zero-order chi connectivity index (χ0) is 51.1. The molecule has 2 aromatic carbocycles. The molecule has 7 N–H and O–H groups in total. The summed E-state index contributed by atoms with van der Waals surface area (Å²) in [5.41, 5.74) is 8.32. The monoisotopic (exact) mass is 1000 g/mol. The van der Waals surface area contributed by atoms with Crippen molar-refractivity contribution in [3.8, 4) is 23.0 Å². The Morgan fingerprint density at radius 3 is 1.51 bits per heavy atom. The minimum atomic E-state index is -0.565. The van der Waals surface area contributed by atoms with E-state index in [1.165, 1.54) is 0 Å². The molecule has 4 fully saturated rings. The first-order valence-corrected chi connectivity index (χ1v) is 23.6. The van der Waals surface area contributed by atoms with Crippen LogP contribution in [0.4, 0.5) is 30.6 Å². The maximum absolute atomic E-state index is 12.1. The number of hydrogen-bond acceptors (Lipinski definition) is 19. The highest BCUT2D eigenvalue weighted by Crippen LogP contribution is 2.40. The molecule has 0 saturated carbocycles. The second kappa shape index (κ2) is 25.4.